The first kappa shape index (κ1) is 20.4. The monoisotopic (exact) mass is 367 g/mol. The molecule has 10 heteroatoms. The number of carbonyl (C=O) groups is 2. The van der Waals surface area contributed by atoms with E-state index in [2.05, 4.69) is 15.6 Å². The number of nitrogens with zero attached hydrogens (tertiary/aromatic N) is 1. The van der Waals surface area contributed by atoms with Gasteiger partial charge < -0.3 is 15.7 Å². The number of hydrogen-bond acceptors (Lipinski definition) is 5. The summed E-state index contributed by atoms with van der Waals surface area (Å²) in [6.45, 7) is 5.06. The lowest BCUT2D eigenvalue weighted by Crippen LogP contribution is -2.50. The molecule has 0 spiro atoms. The molecule has 3 N–H and O–H groups in total. The molecule has 0 aromatic carbocycles. The molecule has 24 heavy (non-hydrogen) atoms. The van der Waals surface area contributed by atoms with E-state index < -0.39 is 41.1 Å². The number of thiazole rings is 1. The van der Waals surface area contributed by atoms with Crippen LogP contribution in [0.4, 0.5) is 13.2 Å². The van der Waals surface area contributed by atoms with E-state index in [0.717, 1.165) is 0 Å². The minimum Gasteiger partial charge on any atom is -0.374 e. The lowest BCUT2D eigenvalue weighted by molar-refractivity contribution is -0.267. The molecule has 1 heterocycles. The zero-order valence-corrected chi connectivity index (χ0v) is 14.3. The highest BCUT2D eigenvalue weighted by atomic mass is 32.1. The summed E-state index contributed by atoms with van der Waals surface area (Å²) in [6.07, 6.45) is -5.67. The van der Waals surface area contributed by atoms with Crippen LogP contribution in [0.1, 0.15) is 37.4 Å². The van der Waals surface area contributed by atoms with Crippen LogP contribution in [0.3, 0.4) is 0 Å². The quantitative estimate of drug-likeness (QED) is 0.683. The predicted molar refractivity (Wildman–Crippen MR) is 82.3 cm³/mol. The first-order valence-electron chi connectivity index (χ1n) is 7.30. The Kier molecular flexibility index (Phi) is 6.73. The molecule has 1 aromatic heterocycles. The first-order valence-corrected chi connectivity index (χ1v) is 8.18. The lowest BCUT2D eigenvalue weighted by Gasteiger charge is -2.28. The number of nitrogens with one attached hydrogen (secondary N) is 2. The van der Waals surface area contributed by atoms with Crippen molar-refractivity contribution in [1.82, 2.24) is 15.6 Å². The maximum Gasteiger partial charge on any atom is 0.424 e. The number of hydrogen-bond donors (Lipinski definition) is 3. The van der Waals surface area contributed by atoms with Crippen molar-refractivity contribution in [2.75, 3.05) is 6.54 Å². The van der Waals surface area contributed by atoms with E-state index in [1.807, 2.05) is 6.92 Å². The summed E-state index contributed by atoms with van der Waals surface area (Å²) in [6, 6.07) is -1.01. The van der Waals surface area contributed by atoms with Crippen molar-refractivity contribution in [3.8, 4) is 0 Å². The number of halogens is 3. The minimum absolute atomic E-state index is 0.311. The number of rotatable bonds is 7. The van der Waals surface area contributed by atoms with Crippen LogP contribution < -0.4 is 10.6 Å². The Morgan fingerprint density at radius 1 is 1.42 bits per heavy atom. The summed E-state index contributed by atoms with van der Waals surface area (Å²) in [5.74, 6) is -1.60. The summed E-state index contributed by atoms with van der Waals surface area (Å²) >= 11 is 0.621. The summed E-state index contributed by atoms with van der Waals surface area (Å²) in [5.41, 5.74) is -3.08. The van der Waals surface area contributed by atoms with E-state index in [9.17, 15) is 27.9 Å². The van der Waals surface area contributed by atoms with Gasteiger partial charge in [-0.2, -0.15) is 13.2 Å². The van der Waals surface area contributed by atoms with E-state index in [1.165, 1.54) is 19.2 Å². The fraction of sp³-hybridized carbons (Fsp3) is 0.643. The SMILES string of the molecule is CCCNC(=O)[C@H](C)NC(=O)C[C@](O)(c1nc(C)cs1)C(F)(F)F. The largest absolute Gasteiger partial charge is 0.424 e. The van der Waals surface area contributed by atoms with Crippen molar-refractivity contribution in [1.29, 1.82) is 0 Å². The molecule has 0 fully saturated rings. The Hall–Kier alpha value is -1.68. The number of alkyl halides is 3. The second-order valence-electron chi connectivity index (χ2n) is 5.41. The topological polar surface area (TPSA) is 91.3 Å². The van der Waals surface area contributed by atoms with Gasteiger partial charge in [0.25, 0.3) is 0 Å². The molecule has 1 aromatic rings. The number of carbonyl (C=O) groups excluding carboxylic acids is 2. The third kappa shape index (κ3) is 4.91. The molecule has 6 nitrogen and oxygen atoms in total. The Morgan fingerprint density at radius 3 is 2.50 bits per heavy atom. The van der Waals surface area contributed by atoms with Crippen molar-refractivity contribution in [2.24, 2.45) is 0 Å². The number of aryl methyl sites for hydroxylation is 1. The maximum absolute atomic E-state index is 13.3. The Bertz CT molecular complexity index is 591. The molecule has 0 radical (unpaired) electrons. The molecule has 0 aliphatic heterocycles. The zero-order chi connectivity index (χ0) is 18.5. The molecule has 0 aliphatic carbocycles. The molecule has 0 bridgehead atoms. The van der Waals surface area contributed by atoms with Gasteiger partial charge >= 0.3 is 6.18 Å². The van der Waals surface area contributed by atoms with Gasteiger partial charge in [0, 0.05) is 17.6 Å². The average molecular weight is 367 g/mol. The van der Waals surface area contributed by atoms with Gasteiger partial charge in [0.15, 0.2) is 0 Å². The summed E-state index contributed by atoms with van der Waals surface area (Å²) in [5, 5.41) is 15.5. The van der Waals surface area contributed by atoms with Gasteiger partial charge in [-0.3, -0.25) is 9.59 Å². The van der Waals surface area contributed by atoms with E-state index in [-0.39, 0.29) is 0 Å². The Labute approximate surface area is 141 Å². The van der Waals surface area contributed by atoms with Crippen LogP contribution in [0.2, 0.25) is 0 Å². The van der Waals surface area contributed by atoms with Crippen LogP contribution >= 0.6 is 11.3 Å². The van der Waals surface area contributed by atoms with E-state index in [0.29, 0.717) is 30.0 Å². The molecule has 0 aliphatic rings. The molecular formula is C14H20F3N3O3S. The Morgan fingerprint density at radius 2 is 2.04 bits per heavy atom. The van der Waals surface area contributed by atoms with E-state index in [4.69, 9.17) is 0 Å². The normalized spacial score (nSPS) is 15.5. The molecule has 0 unspecified atom stereocenters. The fourth-order valence-electron chi connectivity index (χ4n) is 1.83. The van der Waals surface area contributed by atoms with Gasteiger partial charge in [0.05, 0.1) is 6.42 Å². The van der Waals surface area contributed by atoms with Gasteiger partial charge in [-0.15, -0.1) is 11.3 Å². The fourth-order valence-corrected chi connectivity index (χ4v) is 2.75. The first-order chi connectivity index (χ1) is 11.0. The summed E-state index contributed by atoms with van der Waals surface area (Å²) < 4.78 is 39.8. The van der Waals surface area contributed by atoms with E-state index in [1.54, 1.807) is 0 Å². The van der Waals surface area contributed by atoms with Crippen molar-refractivity contribution >= 4 is 23.2 Å². The third-order valence-electron chi connectivity index (χ3n) is 3.18. The molecule has 0 saturated heterocycles. The van der Waals surface area contributed by atoms with Crippen LogP contribution in [0, 0.1) is 6.92 Å². The van der Waals surface area contributed by atoms with Gasteiger partial charge in [0.1, 0.15) is 11.0 Å². The molecule has 136 valence electrons. The second-order valence-corrected chi connectivity index (χ2v) is 6.27. The van der Waals surface area contributed by atoms with Crippen molar-refractivity contribution in [2.45, 2.75) is 51.4 Å². The zero-order valence-electron chi connectivity index (χ0n) is 13.5. The van der Waals surface area contributed by atoms with Crippen LogP contribution in [0.15, 0.2) is 5.38 Å². The minimum atomic E-state index is -5.08. The molecule has 2 atom stereocenters. The van der Waals surface area contributed by atoms with Gasteiger partial charge in [-0.05, 0) is 20.3 Å². The average Bonchev–Trinajstić information content (AvgIpc) is 2.90. The lowest BCUT2D eigenvalue weighted by atomic mass is 9.99. The highest BCUT2D eigenvalue weighted by Crippen LogP contribution is 2.42. The van der Waals surface area contributed by atoms with Crippen LogP contribution in [-0.2, 0) is 15.2 Å². The smallest absolute Gasteiger partial charge is 0.374 e. The van der Waals surface area contributed by atoms with Crippen molar-refractivity contribution in [3.63, 3.8) is 0 Å². The van der Waals surface area contributed by atoms with Crippen LogP contribution in [-0.4, -0.2) is 40.7 Å². The standard InChI is InChI=1S/C14H20F3N3O3S/c1-4-5-18-11(22)9(3)20-10(21)6-13(23,14(15,16)17)12-19-8(2)7-24-12/h7,9,23H,4-6H2,1-3H3,(H,18,22)(H,20,21)/t9-,13-/m0/s1. The summed E-state index contributed by atoms with van der Waals surface area (Å²) in [7, 11) is 0. The van der Waals surface area contributed by atoms with Crippen molar-refractivity contribution < 1.29 is 27.9 Å². The molecule has 1 rings (SSSR count). The van der Waals surface area contributed by atoms with Crippen molar-refractivity contribution in [3.05, 3.63) is 16.1 Å². The molecule has 2 amide bonds. The maximum atomic E-state index is 13.3. The molecular weight excluding hydrogens is 347 g/mol. The number of aromatic nitrogens is 1. The van der Waals surface area contributed by atoms with Crippen LogP contribution in [0.25, 0.3) is 0 Å². The van der Waals surface area contributed by atoms with E-state index >= 15 is 0 Å². The number of aliphatic hydroxyl groups is 1. The second kappa shape index (κ2) is 7.93. The van der Waals surface area contributed by atoms with Gasteiger partial charge in [0.2, 0.25) is 17.4 Å². The van der Waals surface area contributed by atoms with Crippen LogP contribution in [0.5, 0.6) is 0 Å². The third-order valence-corrected chi connectivity index (χ3v) is 4.29. The molecule has 0 saturated carbocycles. The predicted octanol–water partition coefficient (Wildman–Crippen LogP) is 1.62. The highest BCUT2D eigenvalue weighted by Gasteiger charge is 2.58. The Balaban J connectivity index is 2.85. The van der Waals surface area contributed by atoms with Gasteiger partial charge in [-0.1, -0.05) is 6.92 Å². The van der Waals surface area contributed by atoms with Gasteiger partial charge in [-0.25, -0.2) is 4.98 Å². The highest BCUT2D eigenvalue weighted by molar-refractivity contribution is 7.09. The summed E-state index contributed by atoms with van der Waals surface area (Å²) in [4.78, 5) is 27.2. The number of amides is 2.